The first-order chi connectivity index (χ1) is 7.63. The number of halogens is 2. The van der Waals surface area contributed by atoms with Crippen LogP contribution in [-0.4, -0.2) is 14.9 Å². The zero-order valence-corrected chi connectivity index (χ0v) is 12.3. The fraction of sp³-hybridized carbons (Fsp3) is 0.300. The van der Waals surface area contributed by atoms with Crippen molar-refractivity contribution < 1.29 is 5.11 Å². The van der Waals surface area contributed by atoms with Gasteiger partial charge in [-0.15, -0.1) is 11.3 Å². The molecule has 1 N–H and O–H groups in total. The van der Waals surface area contributed by atoms with Gasteiger partial charge in [-0.1, -0.05) is 11.6 Å². The van der Waals surface area contributed by atoms with Crippen LogP contribution in [0.5, 0.6) is 0 Å². The lowest BCUT2D eigenvalue weighted by Crippen LogP contribution is -2.08. The van der Waals surface area contributed by atoms with Crippen molar-refractivity contribution in [3.8, 4) is 0 Å². The summed E-state index contributed by atoms with van der Waals surface area (Å²) in [6, 6.07) is 1.96. The molecule has 1 atom stereocenters. The smallest absolute Gasteiger partial charge is 0.123 e. The van der Waals surface area contributed by atoms with E-state index in [1.807, 2.05) is 18.4 Å². The molecule has 1 unspecified atom stereocenters. The number of thiophene rings is 1. The van der Waals surface area contributed by atoms with Crippen molar-refractivity contribution in [2.75, 3.05) is 0 Å². The summed E-state index contributed by atoms with van der Waals surface area (Å²) in [6.45, 7) is 2.66. The minimum absolute atomic E-state index is 0.510. The summed E-state index contributed by atoms with van der Waals surface area (Å²) in [7, 11) is 0. The van der Waals surface area contributed by atoms with Gasteiger partial charge in [0.15, 0.2) is 0 Å². The number of nitrogens with zero attached hydrogens (tertiary/aromatic N) is 2. The summed E-state index contributed by atoms with van der Waals surface area (Å²) >= 11 is 9.87. The van der Waals surface area contributed by atoms with E-state index in [1.165, 1.54) is 0 Å². The molecule has 0 aliphatic carbocycles. The Bertz CT molecular complexity index is 497. The standard InChI is InChI=1S/C10H10ClIN2OS/c1-2-14-9(7(11)4-13-14)10(15)6-3-8(12)16-5-6/h3-5,10,15H,2H2,1H3. The number of aryl methyl sites for hydroxylation is 1. The molecule has 3 nitrogen and oxygen atoms in total. The number of hydrogen-bond acceptors (Lipinski definition) is 3. The Morgan fingerprint density at radius 2 is 2.44 bits per heavy atom. The van der Waals surface area contributed by atoms with Gasteiger partial charge >= 0.3 is 0 Å². The van der Waals surface area contributed by atoms with Crippen LogP contribution in [0.2, 0.25) is 5.02 Å². The molecule has 2 heterocycles. The molecule has 0 aliphatic heterocycles. The third-order valence-electron chi connectivity index (χ3n) is 2.30. The predicted octanol–water partition coefficient (Wildman–Crippen LogP) is 3.30. The summed E-state index contributed by atoms with van der Waals surface area (Å²) in [5.41, 5.74) is 1.53. The molecule has 0 spiro atoms. The van der Waals surface area contributed by atoms with Crippen LogP contribution in [-0.2, 0) is 6.54 Å². The molecule has 0 bridgehead atoms. The lowest BCUT2D eigenvalue weighted by atomic mass is 10.1. The van der Waals surface area contributed by atoms with Gasteiger partial charge < -0.3 is 5.11 Å². The Balaban J connectivity index is 2.40. The lowest BCUT2D eigenvalue weighted by Gasteiger charge is -2.11. The van der Waals surface area contributed by atoms with Gasteiger partial charge in [-0.05, 0) is 46.5 Å². The van der Waals surface area contributed by atoms with Crippen molar-refractivity contribution in [3.05, 3.63) is 36.8 Å². The molecule has 0 saturated heterocycles. The van der Waals surface area contributed by atoms with Crippen molar-refractivity contribution >= 4 is 45.5 Å². The van der Waals surface area contributed by atoms with Gasteiger partial charge in [-0.2, -0.15) is 5.10 Å². The molecule has 2 aromatic heterocycles. The Morgan fingerprint density at radius 3 is 3.00 bits per heavy atom. The van der Waals surface area contributed by atoms with Crippen LogP contribution in [0.1, 0.15) is 24.3 Å². The maximum absolute atomic E-state index is 10.2. The quantitative estimate of drug-likeness (QED) is 0.844. The maximum Gasteiger partial charge on any atom is 0.123 e. The summed E-state index contributed by atoms with van der Waals surface area (Å²) < 4.78 is 2.86. The number of aromatic nitrogens is 2. The van der Waals surface area contributed by atoms with Crippen LogP contribution in [0.15, 0.2) is 17.6 Å². The van der Waals surface area contributed by atoms with Crippen molar-refractivity contribution in [2.45, 2.75) is 19.6 Å². The first-order valence-electron chi connectivity index (χ1n) is 4.76. The predicted molar refractivity (Wildman–Crippen MR) is 74.0 cm³/mol. The van der Waals surface area contributed by atoms with E-state index < -0.39 is 6.10 Å². The Hall–Kier alpha value is -0.110. The summed E-state index contributed by atoms with van der Waals surface area (Å²) in [6.07, 6.45) is 0.871. The molecule has 0 amide bonds. The van der Waals surface area contributed by atoms with Gasteiger partial charge in [0, 0.05) is 6.54 Å². The van der Waals surface area contributed by atoms with E-state index in [4.69, 9.17) is 11.6 Å². The Labute approximate surface area is 116 Å². The van der Waals surface area contributed by atoms with Crippen LogP contribution in [0.4, 0.5) is 0 Å². The second kappa shape index (κ2) is 5.03. The topological polar surface area (TPSA) is 38.0 Å². The average Bonchev–Trinajstić information content (AvgIpc) is 2.83. The molecule has 0 aliphatic rings. The van der Waals surface area contributed by atoms with E-state index in [0.717, 1.165) is 8.45 Å². The van der Waals surface area contributed by atoms with Crippen molar-refractivity contribution in [1.29, 1.82) is 0 Å². The third kappa shape index (κ3) is 2.27. The molecule has 86 valence electrons. The van der Waals surface area contributed by atoms with E-state index in [-0.39, 0.29) is 0 Å². The van der Waals surface area contributed by atoms with Gasteiger partial charge in [0.1, 0.15) is 6.10 Å². The molecule has 0 aromatic carbocycles. The lowest BCUT2D eigenvalue weighted by molar-refractivity contribution is 0.208. The first-order valence-corrected chi connectivity index (χ1v) is 7.10. The zero-order valence-electron chi connectivity index (χ0n) is 8.52. The van der Waals surface area contributed by atoms with Gasteiger partial charge in [0.05, 0.1) is 19.8 Å². The van der Waals surface area contributed by atoms with E-state index >= 15 is 0 Å². The van der Waals surface area contributed by atoms with E-state index in [1.54, 1.807) is 22.2 Å². The summed E-state index contributed by atoms with van der Waals surface area (Å²) in [5.74, 6) is 0. The normalized spacial score (nSPS) is 13.0. The minimum atomic E-state index is -0.699. The number of rotatable bonds is 3. The van der Waals surface area contributed by atoms with Crippen LogP contribution in [0, 0.1) is 2.88 Å². The highest BCUT2D eigenvalue weighted by molar-refractivity contribution is 14.1. The molecule has 2 aromatic rings. The van der Waals surface area contributed by atoms with Gasteiger partial charge in [-0.3, -0.25) is 4.68 Å². The monoisotopic (exact) mass is 368 g/mol. The van der Waals surface area contributed by atoms with Crippen LogP contribution in [0.3, 0.4) is 0 Å². The van der Waals surface area contributed by atoms with Crippen LogP contribution >= 0.6 is 45.5 Å². The largest absolute Gasteiger partial charge is 0.382 e. The maximum atomic E-state index is 10.2. The minimum Gasteiger partial charge on any atom is -0.382 e. The van der Waals surface area contributed by atoms with E-state index in [9.17, 15) is 5.11 Å². The Kier molecular flexibility index (Phi) is 3.89. The molecule has 0 radical (unpaired) electrons. The highest BCUT2D eigenvalue weighted by atomic mass is 127. The zero-order chi connectivity index (χ0) is 11.7. The fourth-order valence-corrected chi connectivity index (χ4v) is 3.16. The van der Waals surface area contributed by atoms with Gasteiger partial charge in [-0.25, -0.2) is 0 Å². The summed E-state index contributed by atoms with van der Waals surface area (Å²) in [4.78, 5) is 0. The van der Waals surface area contributed by atoms with E-state index in [0.29, 0.717) is 17.3 Å². The number of aliphatic hydroxyl groups excluding tert-OH is 1. The van der Waals surface area contributed by atoms with E-state index in [2.05, 4.69) is 27.7 Å². The third-order valence-corrected chi connectivity index (χ3v) is 4.39. The average molecular weight is 369 g/mol. The van der Waals surface area contributed by atoms with Crippen molar-refractivity contribution in [1.82, 2.24) is 9.78 Å². The number of hydrogen-bond donors (Lipinski definition) is 1. The molecule has 0 fully saturated rings. The second-order valence-electron chi connectivity index (χ2n) is 3.28. The molecule has 6 heteroatoms. The molecular weight excluding hydrogens is 359 g/mol. The highest BCUT2D eigenvalue weighted by Crippen LogP contribution is 2.31. The first kappa shape index (κ1) is 12.3. The SMILES string of the molecule is CCn1ncc(Cl)c1C(O)c1csc(I)c1. The second-order valence-corrected chi connectivity index (χ2v) is 6.49. The summed E-state index contributed by atoms with van der Waals surface area (Å²) in [5, 5.41) is 16.8. The van der Waals surface area contributed by atoms with Crippen molar-refractivity contribution in [3.63, 3.8) is 0 Å². The molecule has 0 saturated carbocycles. The van der Waals surface area contributed by atoms with Crippen molar-refractivity contribution in [2.24, 2.45) is 0 Å². The Morgan fingerprint density at radius 1 is 1.69 bits per heavy atom. The van der Waals surface area contributed by atoms with Crippen LogP contribution in [0.25, 0.3) is 0 Å². The fourth-order valence-electron chi connectivity index (χ4n) is 1.52. The molecule has 2 rings (SSSR count). The van der Waals surface area contributed by atoms with Crippen LogP contribution < -0.4 is 0 Å². The number of aliphatic hydroxyl groups is 1. The van der Waals surface area contributed by atoms with Gasteiger partial charge in [0.2, 0.25) is 0 Å². The highest BCUT2D eigenvalue weighted by Gasteiger charge is 2.20. The molecular formula is C10H10ClIN2OS. The molecule has 16 heavy (non-hydrogen) atoms. The van der Waals surface area contributed by atoms with Gasteiger partial charge in [0.25, 0.3) is 0 Å².